The number of tetrazole rings is 1. The number of piperidine rings is 1. The van der Waals surface area contributed by atoms with Gasteiger partial charge in [0.15, 0.2) is 5.65 Å². The fourth-order valence-electron chi connectivity index (χ4n) is 3.56. The molecule has 1 aliphatic heterocycles. The van der Waals surface area contributed by atoms with Gasteiger partial charge in [0.1, 0.15) is 0 Å². The molecule has 7 nitrogen and oxygen atoms in total. The number of nitrogens with zero attached hydrogens (tertiary/aromatic N) is 5. The van der Waals surface area contributed by atoms with Crippen LogP contribution in [0.25, 0.3) is 5.65 Å². The molecule has 1 amide bonds. The molecule has 1 N–H and O–H groups in total. The van der Waals surface area contributed by atoms with E-state index in [1.165, 1.54) is 4.52 Å². The molecule has 0 spiro atoms. The molecular formula is C19H21N5O2. The number of aliphatic hydroxyl groups excluding tert-OH is 1. The maximum absolute atomic E-state index is 12.7. The Labute approximate surface area is 151 Å². The predicted octanol–water partition coefficient (Wildman–Crippen LogP) is 1.58. The van der Waals surface area contributed by atoms with Gasteiger partial charge in [0.25, 0.3) is 5.91 Å². The minimum Gasteiger partial charge on any atom is -0.392 e. The highest BCUT2D eigenvalue weighted by molar-refractivity contribution is 5.94. The summed E-state index contributed by atoms with van der Waals surface area (Å²) >= 11 is 0. The van der Waals surface area contributed by atoms with Gasteiger partial charge in [-0.05, 0) is 53.3 Å². The van der Waals surface area contributed by atoms with Crippen LogP contribution in [0.5, 0.6) is 0 Å². The minimum atomic E-state index is -0.368. The van der Waals surface area contributed by atoms with E-state index in [0.29, 0.717) is 30.7 Å². The van der Waals surface area contributed by atoms with E-state index in [1.54, 1.807) is 18.3 Å². The third-order valence-electron chi connectivity index (χ3n) is 5.10. The highest BCUT2D eigenvalue weighted by Crippen LogP contribution is 2.24. The normalized spacial score (nSPS) is 16.7. The molecule has 1 fully saturated rings. The quantitative estimate of drug-likeness (QED) is 0.771. The number of benzene rings is 1. The molecular weight excluding hydrogens is 330 g/mol. The Morgan fingerprint density at radius 1 is 1.15 bits per heavy atom. The van der Waals surface area contributed by atoms with Gasteiger partial charge in [0.2, 0.25) is 0 Å². The fraction of sp³-hybridized carbons (Fsp3) is 0.368. The number of amides is 1. The lowest BCUT2D eigenvalue weighted by molar-refractivity contribution is 0.0467. The Morgan fingerprint density at radius 3 is 2.69 bits per heavy atom. The molecule has 0 unspecified atom stereocenters. The van der Waals surface area contributed by atoms with Crippen LogP contribution in [-0.2, 0) is 6.42 Å². The van der Waals surface area contributed by atoms with Gasteiger partial charge in [-0.2, -0.15) is 4.52 Å². The Hall–Kier alpha value is -2.80. The van der Waals surface area contributed by atoms with E-state index in [9.17, 15) is 9.90 Å². The molecule has 0 aliphatic carbocycles. The van der Waals surface area contributed by atoms with Crippen molar-refractivity contribution >= 4 is 11.6 Å². The molecule has 134 valence electrons. The average Bonchev–Trinajstić information content (AvgIpc) is 3.16. The van der Waals surface area contributed by atoms with Crippen molar-refractivity contribution in [1.82, 2.24) is 24.9 Å². The zero-order valence-corrected chi connectivity index (χ0v) is 14.4. The van der Waals surface area contributed by atoms with Gasteiger partial charge in [-0.1, -0.05) is 30.3 Å². The number of carbonyl (C=O) groups excluding carboxylic acids is 1. The first-order chi connectivity index (χ1) is 12.7. The van der Waals surface area contributed by atoms with Crippen molar-refractivity contribution < 1.29 is 9.90 Å². The van der Waals surface area contributed by atoms with Gasteiger partial charge >= 0.3 is 0 Å². The monoisotopic (exact) mass is 351 g/mol. The van der Waals surface area contributed by atoms with Crippen LogP contribution in [0, 0.1) is 5.92 Å². The van der Waals surface area contributed by atoms with E-state index in [1.807, 2.05) is 35.2 Å². The van der Waals surface area contributed by atoms with Crippen molar-refractivity contribution in [1.29, 1.82) is 0 Å². The van der Waals surface area contributed by atoms with Crippen LogP contribution in [0.15, 0.2) is 48.7 Å². The van der Waals surface area contributed by atoms with Crippen molar-refractivity contribution in [2.24, 2.45) is 5.92 Å². The molecule has 1 saturated heterocycles. The number of aliphatic hydroxyl groups is 1. The predicted molar refractivity (Wildman–Crippen MR) is 95.6 cm³/mol. The van der Waals surface area contributed by atoms with E-state index < -0.39 is 0 Å². The Morgan fingerprint density at radius 2 is 1.92 bits per heavy atom. The Kier molecular flexibility index (Phi) is 4.62. The number of carbonyl (C=O) groups is 1. The molecule has 1 aliphatic rings. The molecule has 3 aromatic rings. The topological polar surface area (TPSA) is 83.6 Å². The van der Waals surface area contributed by atoms with Gasteiger partial charge in [0.05, 0.1) is 11.7 Å². The van der Waals surface area contributed by atoms with Crippen molar-refractivity contribution in [2.45, 2.75) is 25.4 Å². The first-order valence-corrected chi connectivity index (χ1v) is 8.90. The van der Waals surface area contributed by atoms with Gasteiger partial charge in [0, 0.05) is 19.3 Å². The first-order valence-electron chi connectivity index (χ1n) is 8.90. The van der Waals surface area contributed by atoms with Gasteiger partial charge < -0.3 is 10.0 Å². The molecule has 4 rings (SSSR count). The molecule has 3 heterocycles. The van der Waals surface area contributed by atoms with E-state index >= 15 is 0 Å². The maximum atomic E-state index is 12.7. The van der Waals surface area contributed by atoms with Gasteiger partial charge in [-0.3, -0.25) is 4.79 Å². The van der Waals surface area contributed by atoms with Crippen LogP contribution in [0.1, 0.15) is 28.8 Å². The molecule has 0 radical (unpaired) electrons. The second-order valence-corrected chi connectivity index (χ2v) is 6.79. The Bertz CT molecular complexity index is 887. The molecule has 2 aromatic heterocycles. The molecule has 7 heteroatoms. The largest absolute Gasteiger partial charge is 0.392 e. The second-order valence-electron chi connectivity index (χ2n) is 6.79. The number of hydrogen-bond donors (Lipinski definition) is 1. The average molecular weight is 351 g/mol. The molecule has 1 aromatic carbocycles. The lowest BCUT2D eigenvalue weighted by atomic mass is 9.88. The maximum Gasteiger partial charge on any atom is 0.255 e. The van der Waals surface area contributed by atoms with Crippen LogP contribution in [0.4, 0.5) is 0 Å². The summed E-state index contributed by atoms with van der Waals surface area (Å²) in [5.74, 6) is 0.208. The number of pyridine rings is 1. The highest BCUT2D eigenvalue weighted by atomic mass is 16.3. The number of fused-ring (bicyclic) bond motifs is 1. The summed E-state index contributed by atoms with van der Waals surface area (Å²) in [6.45, 7) is 1.31. The second kappa shape index (κ2) is 7.21. The zero-order valence-electron chi connectivity index (χ0n) is 14.4. The number of rotatable bonds is 4. The van der Waals surface area contributed by atoms with Crippen molar-refractivity contribution in [3.8, 4) is 0 Å². The summed E-state index contributed by atoms with van der Waals surface area (Å²) in [6.07, 6.45) is 3.58. The van der Waals surface area contributed by atoms with Gasteiger partial charge in [-0.15, -0.1) is 5.10 Å². The molecule has 0 bridgehead atoms. The first kappa shape index (κ1) is 16.7. The van der Waals surface area contributed by atoms with Crippen molar-refractivity contribution in [2.75, 3.05) is 13.1 Å². The van der Waals surface area contributed by atoms with Crippen LogP contribution in [0.3, 0.4) is 0 Å². The summed E-state index contributed by atoms with van der Waals surface area (Å²) in [7, 11) is 0. The van der Waals surface area contributed by atoms with E-state index in [2.05, 4.69) is 15.5 Å². The lowest BCUT2D eigenvalue weighted by Gasteiger charge is -2.34. The van der Waals surface area contributed by atoms with E-state index in [-0.39, 0.29) is 17.9 Å². The standard InChI is InChI=1S/C19H21N5O2/c25-17(12-14-4-2-1-3-5-14)15-8-10-23(11-9-15)19(26)16-6-7-18-20-21-22-24(18)13-16/h1-7,13,15,17,25H,8-12H2/t17-/m0/s1. The smallest absolute Gasteiger partial charge is 0.255 e. The SMILES string of the molecule is O=C(c1ccc2nnnn2c1)N1CCC([C@@H](O)Cc2ccccc2)CC1. The van der Waals surface area contributed by atoms with E-state index in [4.69, 9.17) is 0 Å². The third kappa shape index (κ3) is 3.43. The van der Waals surface area contributed by atoms with Crippen molar-refractivity contribution in [3.05, 3.63) is 59.8 Å². The molecule has 1 atom stereocenters. The van der Waals surface area contributed by atoms with Crippen LogP contribution < -0.4 is 0 Å². The minimum absolute atomic E-state index is 0.0154. The summed E-state index contributed by atoms with van der Waals surface area (Å²) in [5, 5.41) is 21.8. The summed E-state index contributed by atoms with van der Waals surface area (Å²) < 4.78 is 1.50. The van der Waals surface area contributed by atoms with Gasteiger partial charge in [-0.25, -0.2) is 0 Å². The fourth-order valence-corrected chi connectivity index (χ4v) is 3.56. The van der Waals surface area contributed by atoms with Crippen LogP contribution in [0.2, 0.25) is 0 Å². The summed E-state index contributed by atoms with van der Waals surface area (Å²) in [5.41, 5.74) is 2.34. The van der Waals surface area contributed by atoms with E-state index in [0.717, 1.165) is 18.4 Å². The molecule has 0 saturated carbocycles. The summed E-state index contributed by atoms with van der Waals surface area (Å²) in [6, 6.07) is 13.5. The highest BCUT2D eigenvalue weighted by Gasteiger charge is 2.28. The number of aromatic nitrogens is 4. The van der Waals surface area contributed by atoms with Crippen LogP contribution in [-0.4, -0.2) is 55.1 Å². The lowest BCUT2D eigenvalue weighted by Crippen LogP contribution is -2.41. The Balaban J connectivity index is 1.36. The number of likely N-dealkylation sites (tertiary alicyclic amines) is 1. The number of hydrogen-bond acceptors (Lipinski definition) is 5. The van der Waals surface area contributed by atoms with Crippen LogP contribution >= 0.6 is 0 Å². The third-order valence-corrected chi connectivity index (χ3v) is 5.10. The molecule has 26 heavy (non-hydrogen) atoms. The zero-order chi connectivity index (χ0) is 17.9. The summed E-state index contributed by atoms with van der Waals surface area (Å²) in [4.78, 5) is 14.6. The van der Waals surface area contributed by atoms with Crippen molar-refractivity contribution in [3.63, 3.8) is 0 Å².